The van der Waals surface area contributed by atoms with Crippen LogP contribution in [0.1, 0.15) is 31.5 Å². The molecule has 0 aliphatic heterocycles. The van der Waals surface area contributed by atoms with Crippen molar-refractivity contribution in [3.05, 3.63) is 18.2 Å². The molecule has 94 valence electrons. The van der Waals surface area contributed by atoms with Gasteiger partial charge < -0.3 is 15.0 Å². The molecule has 1 unspecified atom stereocenters. The summed E-state index contributed by atoms with van der Waals surface area (Å²) in [4.78, 5) is 4.26. The molecular weight excluding hydrogens is 214 g/mol. The van der Waals surface area contributed by atoms with Crippen molar-refractivity contribution in [3.8, 4) is 0 Å². The number of imidazole rings is 1. The number of nitrogens with one attached hydrogen (secondary N) is 1. The first-order valence-corrected chi connectivity index (χ1v) is 6.60. The smallest absolute Gasteiger partial charge is 0.105 e. The predicted molar refractivity (Wildman–Crippen MR) is 65.7 cm³/mol. The summed E-state index contributed by atoms with van der Waals surface area (Å²) in [6, 6.07) is 0.631. The van der Waals surface area contributed by atoms with Gasteiger partial charge in [-0.2, -0.15) is 0 Å². The maximum Gasteiger partial charge on any atom is 0.105 e. The number of hydrogen-bond donors (Lipinski definition) is 2. The number of rotatable bonds is 6. The van der Waals surface area contributed by atoms with Crippen molar-refractivity contribution in [2.45, 2.75) is 50.7 Å². The molecule has 0 radical (unpaired) electrons. The Morgan fingerprint density at radius 2 is 2.24 bits per heavy atom. The van der Waals surface area contributed by atoms with Crippen LogP contribution in [-0.2, 0) is 6.54 Å². The molecule has 0 spiro atoms. The van der Waals surface area contributed by atoms with E-state index in [1.54, 1.807) is 0 Å². The maximum atomic E-state index is 9.86. The maximum absolute atomic E-state index is 9.86. The third kappa shape index (κ3) is 2.24. The number of aromatic nitrogens is 2. The molecule has 0 aromatic carbocycles. The lowest BCUT2D eigenvalue weighted by Gasteiger charge is -2.34. The van der Waals surface area contributed by atoms with Crippen LogP contribution in [-0.4, -0.2) is 32.8 Å². The van der Waals surface area contributed by atoms with E-state index in [0.717, 1.165) is 12.4 Å². The Morgan fingerprint density at radius 3 is 2.71 bits per heavy atom. The number of aliphatic hydroxyl groups is 1. The van der Waals surface area contributed by atoms with Crippen LogP contribution < -0.4 is 5.32 Å². The number of aryl methyl sites for hydroxylation is 1. The Morgan fingerprint density at radius 1 is 1.47 bits per heavy atom. The molecule has 0 saturated heterocycles. The van der Waals surface area contributed by atoms with Gasteiger partial charge in [-0.1, -0.05) is 0 Å². The average molecular weight is 235 g/mol. The monoisotopic (exact) mass is 235 g/mol. The molecular formula is C13H21N3O. The lowest BCUT2D eigenvalue weighted by Crippen LogP contribution is -2.54. The Balaban J connectivity index is 1.79. The zero-order chi connectivity index (χ0) is 11.9. The highest BCUT2D eigenvalue weighted by atomic mass is 16.3. The van der Waals surface area contributed by atoms with Gasteiger partial charge in [0.05, 0.1) is 12.1 Å². The molecule has 3 rings (SSSR count). The fraction of sp³-hybridized carbons (Fsp3) is 0.769. The van der Waals surface area contributed by atoms with Gasteiger partial charge in [0.2, 0.25) is 0 Å². The minimum Gasteiger partial charge on any atom is -0.394 e. The lowest BCUT2D eigenvalue weighted by atomic mass is 9.93. The van der Waals surface area contributed by atoms with E-state index >= 15 is 0 Å². The second-order valence-corrected chi connectivity index (χ2v) is 5.61. The molecule has 1 aromatic rings. The topological polar surface area (TPSA) is 50.1 Å². The molecule has 2 aliphatic rings. The van der Waals surface area contributed by atoms with Gasteiger partial charge in [-0.3, -0.25) is 0 Å². The van der Waals surface area contributed by atoms with Crippen LogP contribution in [0, 0.1) is 12.8 Å². The van der Waals surface area contributed by atoms with Crippen LogP contribution in [0.2, 0.25) is 0 Å². The summed E-state index contributed by atoms with van der Waals surface area (Å²) in [6.45, 7) is 3.09. The minimum absolute atomic E-state index is 0.118. The molecule has 2 fully saturated rings. The number of nitrogens with zero attached hydrogens (tertiary/aromatic N) is 2. The van der Waals surface area contributed by atoms with Crippen molar-refractivity contribution in [1.82, 2.24) is 14.9 Å². The van der Waals surface area contributed by atoms with Crippen LogP contribution >= 0.6 is 0 Å². The number of aliphatic hydroxyl groups excluding tert-OH is 1. The van der Waals surface area contributed by atoms with Gasteiger partial charge >= 0.3 is 0 Å². The first kappa shape index (κ1) is 11.2. The van der Waals surface area contributed by atoms with Crippen molar-refractivity contribution in [2.24, 2.45) is 5.92 Å². The highest BCUT2D eigenvalue weighted by Gasteiger charge is 2.47. The van der Waals surface area contributed by atoms with E-state index in [1.165, 1.54) is 25.7 Å². The molecule has 4 nitrogen and oxygen atoms in total. The average Bonchev–Trinajstić information content (AvgIpc) is 3.21. The summed E-state index contributed by atoms with van der Waals surface area (Å²) in [6.07, 6.45) is 8.86. The van der Waals surface area contributed by atoms with E-state index in [2.05, 4.69) is 14.9 Å². The highest BCUT2D eigenvalue weighted by Crippen LogP contribution is 2.42. The molecule has 0 bridgehead atoms. The van der Waals surface area contributed by atoms with E-state index in [-0.39, 0.29) is 12.1 Å². The van der Waals surface area contributed by atoms with Crippen molar-refractivity contribution >= 4 is 0 Å². The Hall–Kier alpha value is -0.870. The quantitative estimate of drug-likeness (QED) is 0.776. The van der Waals surface area contributed by atoms with Crippen LogP contribution in [0.15, 0.2) is 12.4 Å². The van der Waals surface area contributed by atoms with Gasteiger partial charge in [-0.25, -0.2) is 4.98 Å². The van der Waals surface area contributed by atoms with Crippen LogP contribution in [0.25, 0.3) is 0 Å². The van der Waals surface area contributed by atoms with Gasteiger partial charge in [0.1, 0.15) is 5.82 Å². The Labute approximate surface area is 102 Å². The normalized spacial score (nSPS) is 23.6. The second-order valence-electron chi connectivity index (χ2n) is 5.61. The summed E-state index contributed by atoms with van der Waals surface area (Å²) in [5, 5.41) is 13.5. The fourth-order valence-corrected chi connectivity index (χ4v) is 2.66. The van der Waals surface area contributed by atoms with Crippen LogP contribution in [0.4, 0.5) is 0 Å². The molecule has 17 heavy (non-hydrogen) atoms. The van der Waals surface area contributed by atoms with Gasteiger partial charge in [-0.15, -0.1) is 0 Å². The first-order valence-electron chi connectivity index (χ1n) is 6.60. The SMILES string of the molecule is Cc1nccn1CC(CO)(NC1CC1)C1CC1. The third-order valence-corrected chi connectivity index (χ3v) is 4.09. The van der Waals surface area contributed by atoms with E-state index in [4.69, 9.17) is 0 Å². The summed E-state index contributed by atoms with van der Waals surface area (Å²) >= 11 is 0. The predicted octanol–water partition coefficient (Wildman–Crippen LogP) is 1.08. The van der Waals surface area contributed by atoms with Gasteiger partial charge in [-0.05, 0) is 38.5 Å². The van der Waals surface area contributed by atoms with E-state index in [1.807, 2.05) is 19.3 Å². The van der Waals surface area contributed by atoms with E-state index < -0.39 is 0 Å². The molecule has 2 aliphatic carbocycles. The van der Waals surface area contributed by atoms with Crippen molar-refractivity contribution < 1.29 is 5.11 Å². The zero-order valence-corrected chi connectivity index (χ0v) is 10.4. The lowest BCUT2D eigenvalue weighted by molar-refractivity contribution is 0.119. The zero-order valence-electron chi connectivity index (χ0n) is 10.4. The highest BCUT2D eigenvalue weighted by molar-refractivity contribution is 5.06. The fourth-order valence-electron chi connectivity index (χ4n) is 2.66. The molecule has 1 aromatic heterocycles. The van der Waals surface area contributed by atoms with E-state index in [9.17, 15) is 5.11 Å². The van der Waals surface area contributed by atoms with Crippen molar-refractivity contribution in [2.75, 3.05) is 6.61 Å². The molecule has 1 atom stereocenters. The van der Waals surface area contributed by atoms with Gasteiger partial charge in [0, 0.05) is 25.0 Å². The molecule has 0 amide bonds. The van der Waals surface area contributed by atoms with Crippen LogP contribution in [0.5, 0.6) is 0 Å². The summed E-state index contributed by atoms with van der Waals surface area (Å²) < 4.78 is 2.16. The summed E-state index contributed by atoms with van der Waals surface area (Å²) in [7, 11) is 0. The molecule has 2 saturated carbocycles. The van der Waals surface area contributed by atoms with Gasteiger partial charge in [0.25, 0.3) is 0 Å². The van der Waals surface area contributed by atoms with Crippen molar-refractivity contribution in [1.29, 1.82) is 0 Å². The number of hydrogen-bond acceptors (Lipinski definition) is 3. The molecule has 2 N–H and O–H groups in total. The Kier molecular flexibility index (Phi) is 2.71. The Bertz CT molecular complexity index is 395. The van der Waals surface area contributed by atoms with Crippen LogP contribution in [0.3, 0.4) is 0 Å². The first-order chi connectivity index (χ1) is 8.23. The van der Waals surface area contributed by atoms with Crippen molar-refractivity contribution in [3.63, 3.8) is 0 Å². The summed E-state index contributed by atoms with van der Waals surface area (Å²) in [5.41, 5.74) is -0.118. The largest absolute Gasteiger partial charge is 0.394 e. The van der Waals surface area contributed by atoms with E-state index in [0.29, 0.717) is 12.0 Å². The standard InChI is InChI=1S/C13H21N3O/c1-10-14-6-7-16(10)8-13(9-17,11-2-3-11)15-12-4-5-12/h6-7,11-12,15,17H,2-5,8-9H2,1H3. The second kappa shape index (κ2) is 4.10. The minimum atomic E-state index is -0.118. The molecule has 1 heterocycles. The van der Waals surface area contributed by atoms with Gasteiger partial charge in [0.15, 0.2) is 0 Å². The third-order valence-electron chi connectivity index (χ3n) is 4.09. The molecule has 4 heteroatoms. The summed E-state index contributed by atoms with van der Waals surface area (Å²) in [5.74, 6) is 1.66.